The van der Waals surface area contributed by atoms with Crippen molar-refractivity contribution in [3.63, 3.8) is 0 Å². The summed E-state index contributed by atoms with van der Waals surface area (Å²) in [6.07, 6.45) is 0. The topological polar surface area (TPSA) is 37.9 Å². The second-order valence-corrected chi connectivity index (χ2v) is 7.39. The van der Waals surface area contributed by atoms with E-state index < -0.39 is 0 Å². The van der Waals surface area contributed by atoms with Crippen molar-refractivity contribution < 1.29 is 4.74 Å². The number of thiophene rings is 1. The molecule has 3 nitrogen and oxygen atoms in total. The Labute approximate surface area is 158 Å². The van der Waals surface area contributed by atoms with Crippen molar-refractivity contribution in [1.29, 1.82) is 0 Å². The fraction of sp³-hybridized carbons (Fsp3) is 0.0500. The summed E-state index contributed by atoms with van der Waals surface area (Å²) in [5.74, 6) is 1.73. The highest BCUT2D eigenvalue weighted by atomic mass is 79.9. The summed E-state index contributed by atoms with van der Waals surface area (Å²) in [5.41, 5.74) is 4.11. The van der Waals surface area contributed by atoms with Crippen LogP contribution in [0.1, 0.15) is 0 Å². The number of nitrogens with one attached hydrogen (secondary N) is 1. The van der Waals surface area contributed by atoms with Crippen molar-refractivity contribution in [2.24, 2.45) is 0 Å². The van der Waals surface area contributed by atoms with Gasteiger partial charge in [-0.05, 0) is 47.8 Å². The second-order valence-electron chi connectivity index (χ2n) is 5.52. The molecule has 2 aromatic carbocycles. The third kappa shape index (κ3) is 3.25. The summed E-state index contributed by atoms with van der Waals surface area (Å²) in [5, 5.41) is 2.06. The van der Waals surface area contributed by atoms with E-state index in [1.165, 1.54) is 0 Å². The van der Waals surface area contributed by atoms with Crippen LogP contribution in [0.2, 0.25) is 0 Å². The van der Waals surface area contributed by atoms with E-state index in [1.54, 1.807) is 18.4 Å². The molecule has 0 bridgehead atoms. The van der Waals surface area contributed by atoms with Gasteiger partial charge in [0.2, 0.25) is 0 Å². The lowest BCUT2D eigenvalue weighted by atomic mass is 10.1. The molecule has 0 spiro atoms. The smallest absolute Gasteiger partial charge is 0.148 e. The first-order chi connectivity index (χ1) is 12.2. The Balaban J connectivity index is 1.86. The third-order valence-electron chi connectivity index (χ3n) is 3.95. The molecular formula is C20H15BrN2OS. The molecule has 0 aliphatic carbocycles. The van der Waals surface area contributed by atoms with Gasteiger partial charge in [0.15, 0.2) is 0 Å². The molecule has 0 saturated carbocycles. The molecule has 5 heteroatoms. The maximum Gasteiger partial charge on any atom is 0.148 e. The maximum absolute atomic E-state index is 5.27. The summed E-state index contributed by atoms with van der Waals surface area (Å²) in [6, 6.07) is 20.4. The lowest BCUT2D eigenvalue weighted by Gasteiger charge is -2.05. The number of hydrogen-bond donors (Lipinski definition) is 1. The number of nitrogens with zero attached hydrogens (tertiary/aromatic N) is 1. The summed E-state index contributed by atoms with van der Waals surface area (Å²) in [4.78, 5) is 9.50. The number of ether oxygens (including phenoxy) is 1. The Hall–Kier alpha value is -2.37. The first-order valence-electron chi connectivity index (χ1n) is 7.79. The summed E-state index contributed by atoms with van der Waals surface area (Å²) >= 11 is 5.17. The molecule has 0 aliphatic heterocycles. The van der Waals surface area contributed by atoms with Crippen molar-refractivity contribution in [2.45, 2.75) is 0 Å². The predicted molar refractivity (Wildman–Crippen MR) is 107 cm³/mol. The van der Waals surface area contributed by atoms with E-state index in [2.05, 4.69) is 44.5 Å². The van der Waals surface area contributed by atoms with E-state index in [1.807, 2.05) is 42.5 Å². The zero-order valence-corrected chi connectivity index (χ0v) is 15.9. The van der Waals surface area contributed by atoms with Crippen LogP contribution in [-0.2, 0) is 0 Å². The number of H-pyrrole nitrogens is 1. The molecular weight excluding hydrogens is 396 g/mol. The molecule has 4 rings (SSSR count). The molecule has 0 unspecified atom stereocenters. The van der Waals surface area contributed by atoms with Crippen LogP contribution >= 0.6 is 27.3 Å². The highest BCUT2D eigenvalue weighted by molar-refractivity contribution is 9.10. The lowest BCUT2D eigenvalue weighted by Crippen LogP contribution is -1.85. The summed E-state index contributed by atoms with van der Waals surface area (Å²) in [6.45, 7) is 0. The molecule has 2 heterocycles. The number of imidazole rings is 1. The quantitative estimate of drug-likeness (QED) is 0.432. The van der Waals surface area contributed by atoms with Gasteiger partial charge in [-0.15, -0.1) is 11.3 Å². The van der Waals surface area contributed by atoms with Crippen LogP contribution in [0.4, 0.5) is 0 Å². The Kier molecular flexibility index (Phi) is 4.42. The summed E-state index contributed by atoms with van der Waals surface area (Å²) in [7, 11) is 1.67. The van der Waals surface area contributed by atoms with Crippen LogP contribution in [0.25, 0.3) is 33.2 Å². The van der Waals surface area contributed by atoms with Crippen molar-refractivity contribution in [2.75, 3.05) is 7.11 Å². The fourth-order valence-corrected chi connectivity index (χ4v) is 3.62. The van der Waals surface area contributed by atoms with Crippen molar-refractivity contribution in [1.82, 2.24) is 9.97 Å². The van der Waals surface area contributed by atoms with Crippen molar-refractivity contribution >= 4 is 27.3 Å². The molecule has 0 radical (unpaired) electrons. The Morgan fingerprint density at radius 1 is 0.960 bits per heavy atom. The molecule has 0 fully saturated rings. The van der Waals surface area contributed by atoms with E-state index in [4.69, 9.17) is 9.72 Å². The number of benzene rings is 2. The van der Waals surface area contributed by atoms with Gasteiger partial charge >= 0.3 is 0 Å². The van der Waals surface area contributed by atoms with Gasteiger partial charge in [-0.3, -0.25) is 0 Å². The van der Waals surface area contributed by atoms with Gasteiger partial charge < -0.3 is 9.72 Å². The standard InChI is InChI=1S/C20H15BrN2OS/c1-24-16-10-6-14(7-11-16)19-18(13-4-8-15(21)9-5-13)22-20(23-19)17-3-2-12-25-17/h2-12H,1H3,(H,22,23). The summed E-state index contributed by atoms with van der Waals surface area (Å²) < 4.78 is 6.32. The highest BCUT2D eigenvalue weighted by Gasteiger charge is 2.15. The molecule has 2 aromatic heterocycles. The SMILES string of the molecule is COc1ccc(-c2[nH]c(-c3cccs3)nc2-c2ccc(Br)cc2)cc1. The van der Waals surface area contributed by atoms with E-state index in [-0.39, 0.29) is 0 Å². The van der Waals surface area contributed by atoms with E-state index in [0.29, 0.717) is 0 Å². The number of aromatic amines is 1. The molecule has 1 N–H and O–H groups in total. The van der Waals surface area contributed by atoms with Crippen LogP contribution in [0, 0.1) is 0 Å². The van der Waals surface area contributed by atoms with Gasteiger partial charge in [-0.2, -0.15) is 0 Å². The maximum atomic E-state index is 5.27. The molecule has 0 amide bonds. The first kappa shape index (κ1) is 16.1. The zero-order chi connectivity index (χ0) is 17.2. The minimum Gasteiger partial charge on any atom is -0.497 e. The fourth-order valence-electron chi connectivity index (χ4n) is 2.69. The van der Waals surface area contributed by atoms with Gasteiger partial charge in [-0.1, -0.05) is 34.1 Å². The van der Waals surface area contributed by atoms with Gasteiger partial charge in [0.25, 0.3) is 0 Å². The highest BCUT2D eigenvalue weighted by Crippen LogP contribution is 2.35. The van der Waals surface area contributed by atoms with E-state index >= 15 is 0 Å². The predicted octanol–water partition coefficient (Wildman–Crippen LogP) is 6.24. The van der Waals surface area contributed by atoms with Crippen LogP contribution in [0.15, 0.2) is 70.5 Å². The largest absolute Gasteiger partial charge is 0.497 e. The van der Waals surface area contributed by atoms with Gasteiger partial charge in [-0.25, -0.2) is 4.98 Å². The second kappa shape index (κ2) is 6.86. The monoisotopic (exact) mass is 410 g/mol. The van der Waals surface area contributed by atoms with Gasteiger partial charge in [0, 0.05) is 15.6 Å². The first-order valence-corrected chi connectivity index (χ1v) is 9.46. The average Bonchev–Trinajstić information content (AvgIpc) is 3.32. The number of rotatable bonds is 4. The van der Waals surface area contributed by atoms with Crippen molar-refractivity contribution in [3.8, 4) is 39.0 Å². The van der Waals surface area contributed by atoms with Crippen LogP contribution in [-0.4, -0.2) is 17.1 Å². The number of aromatic nitrogens is 2. The van der Waals surface area contributed by atoms with Crippen molar-refractivity contribution in [3.05, 3.63) is 70.5 Å². The molecule has 124 valence electrons. The molecule has 0 aliphatic rings. The Morgan fingerprint density at radius 2 is 1.68 bits per heavy atom. The van der Waals surface area contributed by atoms with E-state index in [0.717, 1.165) is 43.4 Å². The van der Waals surface area contributed by atoms with E-state index in [9.17, 15) is 0 Å². The molecule has 0 saturated heterocycles. The third-order valence-corrected chi connectivity index (χ3v) is 5.36. The Bertz CT molecular complexity index is 974. The molecule has 4 aromatic rings. The lowest BCUT2D eigenvalue weighted by molar-refractivity contribution is 0.415. The average molecular weight is 411 g/mol. The molecule has 0 atom stereocenters. The van der Waals surface area contributed by atoms with Crippen LogP contribution < -0.4 is 4.74 Å². The van der Waals surface area contributed by atoms with Gasteiger partial charge in [0.1, 0.15) is 11.6 Å². The normalized spacial score (nSPS) is 10.8. The van der Waals surface area contributed by atoms with Crippen LogP contribution in [0.3, 0.4) is 0 Å². The Morgan fingerprint density at radius 3 is 2.32 bits per heavy atom. The minimum atomic E-state index is 0.840. The number of hydrogen-bond acceptors (Lipinski definition) is 3. The van der Waals surface area contributed by atoms with Crippen LogP contribution in [0.5, 0.6) is 5.75 Å². The van der Waals surface area contributed by atoms with Gasteiger partial charge in [0.05, 0.1) is 23.4 Å². The zero-order valence-electron chi connectivity index (χ0n) is 13.5. The minimum absolute atomic E-state index is 0.840. The number of methoxy groups -OCH3 is 1. The number of halogens is 1. The molecule has 25 heavy (non-hydrogen) atoms.